The van der Waals surface area contributed by atoms with Crippen LogP contribution < -0.4 is 15.0 Å². The zero-order chi connectivity index (χ0) is 13.5. The Hall–Kier alpha value is -1.50. The number of piperazine rings is 1. The Labute approximate surface area is 108 Å². The summed E-state index contributed by atoms with van der Waals surface area (Å²) in [6.45, 7) is 2.77. The maximum absolute atomic E-state index is 12.7. The number of aromatic nitrogens is 1. The molecule has 0 radical (unpaired) electrons. The van der Waals surface area contributed by atoms with E-state index in [2.05, 4.69) is 10.3 Å². The number of ether oxygens (including phenoxy) is 1. The molecule has 0 saturated carbocycles. The Balaban J connectivity index is 1.99. The summed E-state index contributed by atoms with van der Waals surface area (Å²) in [6.07, 6.45) is -2.72. The van der Waals surface area contributed by atoms with E-state index in [1.54, 1.807) is 0 Å². The van der Waals surface area contributed by atoms with Gasteiger partial charge in [-0.3, -0.25) is 0 Å². The van der Waals surface area contributed by atoms with E-state index in [0.29, 0.717) is 12.4 Å². The first kappa shape index (κ1) is 12.5. The van der Waals surface area contributed by atoms with Gasteiger partial charge in [-0.2, -0.15) is 13.2 Å². The van der Waals surface area contributed by atoms with Crippen LogP contribution in [0.2, 0.25) is 0 Å². The van der Waals surface area contributed by atoms with E-state index in [9.17, 15) is 13.2 Å². The minimum Gasteiger partial charge on any atom is -0.490 e. The predicted octanol–water partition coefficient (Wildman–Crippen LogP) is 1.66. The Morgan fingerprint density at radius 3 is 3.05 bits per heavy atom. The van der Waals surface area contributed by atoms with Gasteiger partial charge in [0.2, 0.25) is 0 Å². The Morgan fingerprint density at radius 1 is 1.42 bits per heavy atom. The van der Waals surface area contributed by atoms with Crippen molar-refractivity contribution in [3.05, 3.63) is 17.8 Å². The van der Waals surface area contributed by atoms with Crippen LogP contribution in [0.25, 0.3) is 0 Å². The number of hydrogen-bond acceptors (Lipinski definition) is 4. The number of halogens is 3. The van der Waals surface area contributed by atoms with Crippen LogP contribution in [-0.2, 0) is 6.18 Å². The molecule has 104 valence electrons. The van der Waals surface area contributed by atoms with Crippen LogP contribution in [0.5, 0.6) is 5.75 Å². The molecule has 1 unspecified atom stereocenters. The monoisotopic (exact) mass is 273 g/mol. The van der Waals surface area contributed by atoms with Gasteiger partial charge < -0.3 is 15.0 Å². The van der Waals surface area contributed by atoms with Gasteiger partial charge in [0, 0.05) is 38.3 Å². The average Bonchev–Trinajstić information content (AvgIpc) is 2.56. The van der Waals surface area contributed by atoms with E-state index >= 15 is 0 Å². The third-order valence-corrected chi connectivity index (χ3v) is 3.49. The molecule has 1 aromatic rings. The number of fused-ring (bicyclic) bond motifs is 3. The van der Waals surface area contributed by atoms with Crippen molar-refractivity contribution in [1.82, 2.24) is 10.3 Å². The molecular formula is C12H14F3N3O. The molecule has 2 aliphatic rings. The van der Waals surface area contributed by atoms with Crippen LogP contribution in [0.1, 0.15) is 12.0 Å². The molecule has 1 aromatic heterocycles. The lowest BCUT2D eigenvalue weighted by molar-refractivity contribution is -0.137. The topological polar surface area (TPSA) is 37.4 Å². The fourth-order valence-electron chi connectivity index (χ4n) is 2.52. The van der Waals surface area contributed by atoms with Crippen molar-refractivity contribution in [3.63, 3.8) is 0 Å². The number of pyridine rings is 1. The van der Waals surface area contributed by atoms with Crippen LogP contribution in [0.4, 0.5) is 19.0 Å². The van der Waals surface area contributed by atoms with Crippen molar-refractivity contribution in [1.29, 1.82) is 0 Å². The highest BCUT2D eigenvalue weighted by Gasteiger charge is 2.34. The lowest BCUT2D eigenvalue weighted by Gasteiger charge is -2.35. The van der Waals surface area contributed by atoms with E-state index < -0.39 is 11.7 Å². The average molecular weight is 273 g/mol. The van der Waals surface area contributed by atoms with Crippen LogP contribution in [-0.4, -0.2) is 37.3 Å². The second kappa shape index (κ2) is 4.56. The molecule has 4 nitrogen and oxygen atoms in total. The third-order valence-electron chi connectivity index (χ3n) is 3.49. The molecule has 19 heavy (non-hydrogen) atoms. The standard InChI is InChI=1S/C12H14F3N3O/c13-12(14,15)8-5-10-11(17-6-8)18-3-2-16-7-9(18)1-4-19-10/h5-6,9,16H,1-4,7H2. The van der Waals surface area contributed by atoms with Crippen molar-refractivity contribution in [2.45, 2.75) is 18.6 Å². The first-order chi connectivity index (χ1) is 9.05. The summed E-state index contributed by atoms with van der Waals surface area (Å²) in [5.74, 6) is 0.760. The van der Waals surface area contributed by atoms with Crippen LogP contribution in [0.15, 0.2) is 12.3 Å². The molecule has 1 fully saturated rings. The highest BCUT2D eigenvalue weighted by molar-refractivity contribution is 5.55. The molecule has 0 spiro atoms. The van der Waals surface area contributed by atoms with Crippen molar-refractivity contribution in [2.75, 3.05) is 31.1 Å². The first-order valence-corrected chi connectivity index (χ1v) is 6.23. The second-order valence-electron chi connectivity index (χ2n) is 4.73. The molecule has 0 aromatic carbocycles. The smallest absolute Gasteiger partial charge is 0.418 e. The number of rotatable bonds is 0. The minimum absolute atomic E-state index is 0.235. The number of alkyl halides is 3. The predicted molar refractivity (Wildman–Crippen MR) is 63.4 cm³/mol. The van der Waals surface area contributed by atoms with Gasteiger partial charge in [0.05, 0.1) is 12.2 Å². The van der Waals surface area contributed by atoms with E-state index in [-0.39, 0.29) is 11.8 Å². The normalized spacial score (nSPS) is 23.1. The van der Waals surface area contributed by atoms with E-state index in [1.165, 1.54) is 0 Å². The van der Waals surface area contributed by atoms with Gasteiger partial charge in [-0.1, -0.05) is 0 Å². The van der Waals surface area contributed by atoms with Crippen molar-refractivity contribution in [2.24, 2.45) is 0 Å². The summed E-state index contributed by atoms with van der Waals surface area (Å²) in [5.41, 5.74) is -0.764. The Morgan fingerprint density at radius 2 is 2.26 bits per heavy atom. The van der Waals surface area contributed by atoms with Gasteiger partial charge in [-0.25, -0.2) is 4.98 Å². The highest BCUT2D eigenvalue weighted by Crippen LogP contribution is 2.37. The molecule has 1 saturated heterocycles. The number of anilines is 1. The molecule has 3 heterocycles. The van der Waals surface area contributed by atoms with Gasteiger partial charge in [0.25, 0.3) is 0 Å². The van der Waals surface area contributed by atoms with Crippen molar-refractivity contribution >= 4 is 5.82 Å². The number of hydrogen-bond donors (Lipinski definition) is 1. The van der Waals surface area contributed by atoms with Gasteiger partial charge in [-0.05, 0) is 6.07 Å². The minimum atomic E-state index is -4.39. The number of nitrogens with one attached hydrogen (secondary N) is 1. The molecule has 3 rings (SSSR count). The summed E-state index contributed by atoms with van der Waals surface area (Å²) in [7, 11) is 0. The summed E-state index contributed by atoms with van der Waals surface area (Å²) in [6, 6.07) is 1.28. The number of nitrogens with zero attached hydrogens (tertiary/aromatic N) is 2. The summed E-state index contributed by atoms with van der Waals surface area (Å²) in [5, 5.41) is 3.27. The Kier molecular flexibility index (Phi) is 3.00. The molecular weight excluding hydrogens is 259 g/mol. The van der Waals surface area contributed by atoms with E-state index in [1.807, 2.05) is 4.90 Å². The van der Waals surface area contributed by atoms with Crippen LogP contribution >= 0.6 is 0 Å². The maximum Gasteiger partial charge on any atom is 0.418 e. The first-order valence-electron chi connectivity index (χ1n) is 6.23. The molecule has 0 amide bonds. The molecule has 0 bridgehead atoms. The van der Waals surface area contributed by atoms with Crippen molar-refractivity contribution in [3.8, 4) is 5.75 Å². The summed E-state index contributed by atoms with van der Waals surface area (Å²) < 4.78 is 43.5. The fourth-order valence-corrected chi connectivity index (χ4v) is 2.52. The van der Waals surface area contributed by atoms with Crippen LogP contribution in [0.3, 0.4) is 0 Å². The quantitative estimate of drug-likeness (QED) is 0.780. The largest absolute Gasteiger partial charge is 0.490 e. The molecule has 7 heteroatoms. The zero-order valence-corrected chi connectivity index (χ0v) is 10.2. The molecule has 2 aliphatic heterocycles. The van der Waals surface area contributed by atoms with E-state index in [0.717, 1.165) is 38.3 Å². The van der Waals surface area contributed by atoms with Gasteiger partial charge >= 0.3 is 6.18 Å². The van der Waals surface area contributed by atoms with E-state index in [4.69, 9.17) is 4.74 Å². The SMILES string of the molecule is FC(F)(F)c1cnc2c(c1)OCCC1CNCCN21. The summed E-state index contributed by atoms with van der Waals surface area (Å²) in [4.78, 5) is 6.02. The lowest BCUT2D eigenvalue weighted by Crippen LogP contribution is -2.51. The zero-order valence-electron chi connectivity index (χ0n) is 10.2. The Bertz CT molecular complexity index is 478. The molecule has 1 atom stereocenters. The lowest BCUT2D eigenvalue weighted by atomic mass is 10.1. The van der Waals surface area contributed by atoms with Gasteiger partial charge in [0.1, 0.15) is 0 Å². The highest BCUT2D eigenvalue weighted by atomic mass is 19.4. The second-order valence-corrected chi connectivity index (χ2v) is 4.73. The van der Waals surface area contributed by atoms with Crippen LogP contribution in [0, 0.1) is 0 Å². The molecule has 0 aliphatic carbocycles. The summed E-state index contributed by atoms with van der Waals surface area (Å²) >= 11 is 0. The third kappa shape index (κ3) is 2.34. The van der Waals surface area contributed by atoms with Gasteiger partial charge in [-0.15, -0.1) is 0 Å². The van der Waals surface area contributed by atoms with Crippen molar-refractivity contribution < 1.29 is 17.9 Å². The van der Waals surface area contributed by atoms with Gasteiger partial charge in [0.15, 0.2) is 11.6 Å². The fraction of sp³-hybridized carbons (Fsp3) is 0.583. The molecule has 1 N–H and O–H groups in total. The maximum atomic E-state index is 12.7.